The fourth-order valence-electron chi connectivity index (χ4n) is 2.86. The Morgan fingerprint density at radius 1 is 1.43 bits per heavy atom. The lowest BCUT2D eigenvalue weighted by atomic mass is 9.96. The quantitative estimate of drug-likeness (QED) is 0.928. The molecule has 6 nitrogen and oxygen atoms in total. The summed E-state index contributed by atoms with van der Waals surface area (Å²) in [6.07, 6.45) is 1.94. The minimum absolute atomic E-state index is 0.124. The Labute approximate surface area is 139 Å². The van der Waals surface area contributed by atoms with Crippen LogP contribution in [-0.2, 0) is 4.79 Å². The first-order valence-corrected chi connectivity index (χ1v) is 8.05. The van der Waals surface area contributed by atoms with Crippen LogP contribution in [0.3, 0.4) is 0 Å². The number of hydrogen-bond donors (Lipinski definition) is 1. The molecule has 1 aliphatic rings. The van der Waals surface area contributed by atoms with Crippen LogP contribution in [0, 0.1) is 0 Å². The molecule has 0 bridgehead atoms. The van der Waals surface area contributed by atoms with E-state index in [1.54, 1.807) is 12.1 Å². The van der Waals surface area contributed by atoms with Gasteiger partial charge in [-0.15, -0.1) is 0 Å². The van der Waals surface area contributed by atoms with Crippen molar-refractivity contribution in [3.05, 3.63) is 35.2 Å². The summed E-state index contributed by atoms with van der Waals surface area (Å²) in [6, 6.07) is 7.03. The van der Waals surface area contributed by atoms with E-state index in [4.69, 9.17) is 21.9 Å². The molecule has 0 spiro atoms. The fourth-order valence-corrected chi connectivity index (χ4v) is 2.98. The molecule has 1 saturated heterocycles. The van der Waals surface area contributed by atoms with Crippen LogP contribution >= 0.6 is 11.6 Å². The molecule has 2 aromatic rings. The summed E-state index contributed by atoms with van der Waals surface area (Å²) >= 11 is 5.89. The number of amides is 1. The summed E-state index contributed by atoms with van der Waals surface area (Å²) < 4.78 is 5.44. The molecule has 0 unspecified atom stereocenters. The highest BCUT2D eigenvalue weighted by atomic mass is 35.5. The standard InChI is InChI=1S/C16H19ClN4O2/c1-10(14(18)22)21-8-2-3-12(9-21)16-19-15(20-23-16)11-4-6-13(17)7-5-11/h4-7,10,12H,2-3,8-9H2,1H3,(H2,18,22)/t10-,12-/m0/s1. The lowest BCUT2D eigenvalue weighted by molar-refractivity contribution is -0.123. The monoisotopic (exact) mass is 334 g/mol. The van der Waals surface area contributed by atoms with E-state index < -0.39 is 0 Å². The third kappa shape index (κ3) is 3.54. The number of carbonyl (C=O) groups excluding carboxylic acids is 1. The number of nitrogens with zero attached hydrogens (tertiary/aromatic N) is 3. The van der Waals surface area contributed by atoms with E-state index in [0.29, 0.717) is 23.3 Å². The van der Waals surface area contributed by atoms with Crippen molar-refractivity contribution < 1.29 is 9.32 Å². The van der Waals surface area contributed by atoms with Crippen molar-refractivity contribution in [3.8, 4) is 11.4 Å². The first-order chi connectivity index (χ1) is 11.0. The lowest BCUT2D eigenvalue weighted by Crippen LogP contribution is -2.47. The van der Waals surface area contributed by atoms with Gasteiger partial charge in [-0.2, -0.15) is 4.98 Å². The average Bonchev–Trinajstić information content (AvgIpc) is 3.05. The zero-order valence-corrected chi connectivity index (χ0v) is 13.7. The van der Waals surface area contributed by atoms with Gasteiger partial charge in [-0.3, -0.25) is 9.69 Å². The summed E-state index contributed by atoms with van der Waals surface area (Å²) in [5.41, 5.74) is 6.26. The molecule has 1 amide bonds. The number of halogens is 1. The number of carbonyl (C=O) groups is 1. The van der Waals surface area contributed by atoms with Crippen LogP contribution in [0.25, 0.3) is 11.4 Å². The number of aromatic nitrogens is 2. The number of rotatable bonds is 4. The molecule has 122 valence electrons. The second kappa shape index (κ2) is 6.68. The van der Waals surface area contributed by atoms with Crippen LogP contribution in [0.5, 0.6) is 0 Å². The molecular formula is C16H19ClN4O2. The molecule has 2 N–H and O–H groups in total. The van der Waals surface area contributed by atoms with Crippen LogP contribution < -0.4 is 5.73 Å². The maximum atomic E-state index is 11.4. The zero-order chi connectivity index (χ0) is 16.4. The Balaban J connectivity index is 1.74. The number of piperidine rings is 1. The number of nitrogens with two attached hydrogens (primary N) is 1. The summed E-state index contributed by atoms with van der Waals surface area (Å²) in [5.74, 6) is 0.977. The predicted molar refractivity (Wildman–Crippen MR) is 86.9 cm³/mol. The minimum atomic E-state index is -0.307. The Kier molecular flexibility index (Phi) is 4.63. The Hall–Kier alpha value is -1.92. The Bertz CT molecular complexity index is 686. The second-order valence-electron chi connectivity index (χ2n) is 5.88. The van der Waals surface area contributed by atoms with Gasteiger partial charge in [-0.1, -0.05) is 16.8 Å². The molecular weight excluding hydrogens is 316 g/mol. The van der Waals surface area contributed by atoms with Crippen molar-refractivity contribution in [1.29, 1.82) is 0 Å². The molecule has 0 saturated carbocycles. The van der Waals surface area contributed by atoms with Gasteiger partial charge in [0.05, 0.1) is 12.0 Å². The van der Waals surface area contributed by atoms with Crippen molar-refractivity contribution in [2.24, 2.45) is 5.73 Å². The second-order valence-corrected chi connectivity index (χ2v) is 6.31. The van der Waals surface area contributed by atoms with Gasteiger partial charge in [-0.05, 0) is 50.6 Å². The fraction of sp³-hybridized carbons (Fsp3) is 0.438. The first kappa shape index (κ1) is 16.0. The highest BCUT2D eigenvalue weighted by Crippen LogP contribution is 2.28. The number of primary amides is 1. The smallest absolute Gasteiger partial charge is 0.234 e. The molecule has 0 aliphatic carbocycles. The zero-order valence-electron chi connectivity index (χ0n) is 12.9. The van der Waals surface area contributed by atoms with Crippen molar-refractivity contribution in [1.82, 2.24) is 15.0 Å². The molecule has 1 aromatic carbocycles. The van der Waals surface area contributed by atoms with Crippen LogP contribution in [0.2, 0.25) is 5.02 Å². The summed E-state index contributed by atoms with van der Waals surface area (Å²) in [7, 11) is 0. The molecule has 3 rings (SSSR count). The highest BCUT2D eigenvalue weighted by Gasteiger charge is 2.30. The van der Waals surface area contributed by atoms with Gasteiger partial charge in [0.15, 0.2) is 0 Å². The molecule has 23 heavy (non-hydrogen) atoms. The van der Waals surface area contributed by atoms with E-state index in [1.807, 2.05) is 19.1 Å². The molecule has 2 heterocycles. The minimum Gasteiger partial charge on any atom is -0.368 e. The van der Waals surface area contributed by atoms with Gasteiger partial charge < -0.3 is 10.3 Å². The normalized spacial score (nSPS) is 20.3. The van der Waals surface area contributed by atoms with E-state index in [2.05, 4.69) is 15.0 Å². The van der Waals surface area contributed by atoms with Crippen molar-refractivity contribution >= 4 is 17.5 Å². The molecule has 1 aromatic heterocycles. The maximum Gasteiger partial charge on any atom is 0.234 e. The van der Waals surface area contributed by atoms with E-state index >= 15 is 0 Å². The number of likely N-dealkylation sites (tertiary alicyclic amines) is 1. The van der Waals surface area contributed by atoms with Gasteiger partial charge in [-0.25, -0.2) is 0 Å². The van der Waals surface area contributed by atoms with E-state index in [0.717, 1.165) is 24.9 Å². The molecule has 7 heteroatoms. The average molecular weight is 335 g/mol. The molecule has 0 radical (unpaired) electrons. The first-order valence-electron chi connectivity index (χ1n) is 7.67. The van der Waals surface area contributed by atoms with Gasteiger partial charge in [0.25, 0.3) is 0 Å². The van der Waals surface area contributed by atoms with E-state index in [9.17, 15) is 4.79 Å². The van der Waals surface area contributed by atoms with Crippen LogP contribution in [0.1, 0.15) is 31.6 Å². The van der Waals surface area contributed by atoms with Crippen LogP contribution in [0.4, 0.5) is 0 Å². The highest BCUT2D eigenvalue weighted by molar-refractivity contribution is 6.30. The number of hydrogen-bond acceptors (Lipinski definition) is 5. The predicted octanol–water partition coefficient (Wildman–Crippen LogP) is 2.44. The van der Waals surface area contributed by atoms with Crippen molar-refractivity contribution in [2.45, 2.75) is 31.7 Å². The Morgan fingerprint density at radius 3 is 2.87 bits per heavy atom. The molecule has 1 aliphatic heterocycles. The summed E-state index contributed by atoms with van der Waals surface area (Å²) in [4.78, 5) is 18.0. The topological polar surface area (TPSA) is 85.3 Å². The molecule has 1 fully saturated rings. The van der Waals surface area contributed by atoms with E-state index in [-0.39, 0.29) is 17.9 Å². The van der Waals surface area contributed by atoms with Crippen molar-refractivity contribution in [2.75, 3.05) is 13.1 Å². The third-order valence-electron chi connectivity index (χ3n) is 4.31. The summed E-state index contributed by atoms with van der Waals surface area (Å²) in [6.45, 7) is 3.39. The number of benzene rings is 1. The molecule has 2 atom stereocenters. The van der Waals surface area contributed by atoms with Gasteiger partial charge in [0.2, 0.25) is 17.6 Å². The third-order valence-corrected chi connectivity index (χ3v) is 4.56. The van der Waals surface area contributed by atoms with Crippen LogP contribution in [0.15, 0.2) is 28.8 Å². The van der Waals surface area contributed by atoms with Gasteiger partial charge >= 0.3 is 0 Å². The Morgan fingerprint density at radius 2 is 2.17 bits per heavy atom. The summed E-state index contributed by atoms with van der Waals surface area (Å²) in [5, 5.41) is 4.72. The maximum absolute atomic E-state index is 11.4. The SMILES string of the molecule is C[C@@H](C(N)=O)N1CCC[C@H](c2nc(-c3ccc(Cl)cc3)no2)C1. The van der Waals surface area contributed by atoms with Gasteiger partial charge in [0.1, 0.15) is 0 Å². The van der Waals surface area contributed by atoms with Crippen LogP contribution in [-0.4, -0.2) is 40.1 Å². The van der Waals surface area contributed by atoms with Gasteiger partial charge in [0, 0.05) is 17.1 Å². The largest absolute Gasteiger partial charge is 0.368 e. The van der Waals surface area contributed by atoms with Crippen molar-refractivity contribution in [3.63, 3.8) is 0 Å². The lowest BCUT2D eigenvalue weighted by Gasteiger charge is -2.33. The van der Waals surface area contributed by atoms with E-state index in [1.165, 1.54) is 0 Å².